The Balaban J connectivity index is 4.28. The first-order chi connectivity index (χ1) is 16.2. The zero-order valence-electron chi connectivity index (χ0n) is 22.9. The van der Waals surface area contributed by atoms with E-state index in [9.17, 15) is 14.7 Å². The van der Waals surface area contributed by atoms with Crippen molar-refractivity contribution >= 4 is 11.9 Å². The van der Waals surface area contributed by atoms with E-state index >= 15 is 0 Å². The number of unbranched alkanes of at least 4 members (excludes halogenated alkanes) is 8. The minimum atomic E-state index is -0.693. The Morgan fingerprint density at radius 2 is 1.44 bits per heavy atom. The molecule has 2 atom stereocenters. The van der Waals surface area contributed by atoms with E-state index in [1.807, 2.05) is 27.2 Å². The van der Waals surface area contributed by atoms with Gasteiger partial charge in [-0.15, -0.1) is 0 Å². The van der Waals surface area contributed by atoms with E-state index in [0.29, 0.717) is 25.9 Å². The molecule has 0 bridgehead atoms. The van der Waals surface area contributed by atoms with Gasteiger partial charge in [-0.05, 0) is 38.5 Å². The maximum absolute atomic E-state index is 12.3. The Hall–Kier alpha value is -1.40. The Kier molecular flexibility index (Phi) is 20.1. The molecule has 0 aromatic rings. The maximum atomic E-state index is 12.3. The van der Waals surface area contributed by atoms with E-state index in [0.717, 1.165) is 36.7 Å². The van der Waals surface area contributed by atoms with Crippen LogP contribution in [0.4, 0.5) is 0 Å². The lowest BCUT2D eigenvalue weighted by molar-refractivity contribution is -0.870. The number of allylic oxidation sites excluding steroid dienone is 1. The fraction of sp³-hybridized carbons (Fsp3) is 0.857. The summed E-state index contributed by atoms with van der Waals surface area (Å²) in [7, 11) is 6.13. The molecule has 2 unspecified atom stereocenters. The minimum Gasteiger partial charge on any atom is -0.460 e. The zero-order chi connectivity index (χ0) is 25.7. The molecule has 200 valence electrons. The highest BCUT2D eigenvalue weighted by atomic mass is 16.6. The third kappa shape index (κ3) is 21.2. The van der Waals surface area contributed by atoms with Gasteiger partial charge in [-0.3, -0.25) is 9.59 Å². The third-order valence-corrected chi connectivity index (χ3v) is 5.86. The zero-order valence-corrected chi connectivity index (χ0v) is 22.9. The van der Waals surface area contributed by atoms with Crippen LogP contribution < -0.4 is 0 Å². The average molecular weight is 485 g/mol. The number of carbonyl (C=O) groups excluding carboxylic acids is 2. The fourth-order valence-corrected chi connectivity index (χ4v) is 3.58. The van der Waals surface area contributed by atoms with Gasteiger partial charge in [-0.1, -0.05) is 70.9 Å². The summed E-state index contributed by atoms with van der Waals surface area (Å²) in [6.45, 7) is 5.48. The van der Waals surface area contributed by atoms with Gasteiger partial charge >= 0.3 is 11.9 Å². The molecule has 0 radical (unpaired) electrons. The van der Waals surface area contributed by atoms with Crippen molar-refractivity contribution in [3.05, 3.63) is 12.2 Å². The van der Waals surface area contributed by atoms with E-state index in [1.54, 1.807) is 0 Å². The van der Waals surface area contributed by atoms with Gasteiger partial charge in [0, 0.05) is 12.8 Å². The van der Waals surface area contributed by atoms with Crippen LogP contribution in [0.2, 0.25) is 0 Å². The van der Waals surface area contributed by atoms with Gasteiger partial charge < -0.3 is 19.1 Å². The number of rotatable bonds is 22. The van der Waals surface area contributed by atoms with Gasteiger partial charge in [0.25, 0.3) is 0 Å². The molecule has 34 heavy (non-hydrogen) atoms. The number of hydrogen-bond donors (Lipinski definition) is 1. The Morgan fingerprint density at radius 3 is 2.12 bits per heavy atom. The van der Waals surface area contributed by atoms with Gasteiger partial charge in [0.15, 0.2) is 0 Å². The first-order valence-electron chi connectivity index (χ1n) is 13.7. The second-order valence-electron chi connectivity index (χ2n) is 10.4. The molecule has 6 heteroatoms. The number of hydrogen-bond acceptors (Lipinski definition) is 5. The number of likely N-dealkylation sites (N-methyl/N-ethyl adjacent to an activating group) is 1. The molecule has 0 amide bonds. The number of aliphatic hydroxyl groups excluding tert-OH is 1. The molecule has 0 rings (SSSR count). The largest absolute Gasteiger partial charge is 0.460 e. The van der Waals surface area contributed by atoms with Crippen LogP contribution in [0.15, 0.2) is 12.2 Å². The molecule has 0 aliphatic rings. The van der Waals surface area contributed by atoms with Crippen LogP contribution in [0, 0.1) is 0 Å². The smallest absolute Gasteiger partial charge is 0.306 e. The topological polar surface area (TPSA) is 72.8 Å². The molecule has 0 fully saturated rings. The van der Waals surface area contributed by atoms with Crippen LogP contribution in [0.1, 0.15) is 110 Å². The minimum absolute atomic E-state index is 0.162. The van der Waals surface area contributed by atoms with Crippen molar-refractivity contribution in [3.8, 4) is 0 Å². The summed E-state index contributed by atoms with van der Waals surface area (Å²) >= 11 is 0. The predicted molar refractivity (Wildman–Crippen MR) is 139 cm³/mol. The summed E-state index contributed by atoms with van der Waals surface area (Å²) in [6, 6.07) is 0. The Labute approximate surface area is 209 Å². The van der Waals surface area contributed by atoms with Crippen molar-refractivity contribution in [2.24, 2.45) is 0 Å². The van der Waals surface area contributed by atoms with E-state index in [1.165, 1.54) is 38.5 Å². The second-order valence-corrected chi connectivity index (χ2v) is 10.4. The van der Waals surface area contributed by atoms with Crippen molar-refractivity contribution in [3.63, 3.8) is 0 Å². The molecule has 0 saturated carbocycles. The lowest BCUT2D eigenvalue weighted by Crippen LogP contribution is -2.38. The van der Waals surface area contributed by atoms with Crippen LogP contribution in [0.25, 0.3) is 0 Å². The maximum Gasteiger partial charge on any atom is 0.306 e. The second kappa shape index (κ2) is 20.9. The van der Waals surface area contributed by atoms with E-state index in [2.05, 4.69) is 19.9 Å². The van der Waals surface area contributed by atoms with Gasteiger partial charge in [0.1, 0.15) is 19.3 Å². The van der Waals surface area contributed by atoms with Crippen molar-refractivity contribution in [2.75, 3.05) is 34.3 Å². The number of quaternary nitrogens is 1. The molecule has 0 heterocycles. The van der Waals surface area contributed by atoms with Gasteiger partial charge in [0.2, 0.25) is 0 Å². The summed E-state index contributed by atoms with van der Waals surface area (Å²) < 4.78 is 11.6. The van der Waals surface area contributed by atoms with Crippen molar-refractivity contribution in [1.82, 2.24) is 0 Å². The average Bonchev–Trinajstić information content (AvgIpc) is 2.76. The van der Waals surface area contributed by atoms with Crippen LogP contribution >= 0.6 is 0 Å². The summed E-state index contributed by atoms with van der Waals surface area (Å²) in [5.74, 6) is -0.632. The molecule has 0 aromatic carbocycles. The number of esters is 2. The number of nitrogens with zero attached hydrogens (tertiary/aromatic N) is 1. The number of ether oxygens (including phenoxy) is 2. The van der Waals surface area contributed by atoms with Gasteiger partial charge in [-0.2, -0.15) is 0 Å². The Bertz CT molecular complexity index is 541. The molecule has 6 nitrogen and oxygen atoms in total. The van der Waals surface area contributed by atoms with Crippen LogP contribution in [-0.4, -0.2) is 68.0 Å². The highest BCUT2D eigenvalue weighted by Crippen LogP contribution is 2.16. The molecule has 0 spiro atoms. The lowest BCUT2D eigenvalue weighted by atomic mass is 10.0. The summed E-state index contributed by atoms with van der Waals surface area (Å²) in [5.41, 5.74) is 0. The molecule has 1 N–H and O–H groups in total. The third-order valence-electron chi connectivity index (χ3n) is 5.86. The molecule has 0 aliphatic heterocycles. The predicted octanol–water partition coefficient (Wildman–Crippen LogP) is 5.96. The monoisotopic (exact) mass is 484 g/mol. The van der Waals surface area contributed by atoms with Gasteiger partial charge in [-0.25, -0.2) is 0 Å². The highest BCUT2D eigenvalue weighted by molar-refractivity contribution is 5.72. The normalized spacial score (nSPS) is 13.7. The first kappa shape index (κ1) is 32.6. The van der Waals surface area contributed by atoms with Crippen molar-refractivity contribution < 1.29 is 28.7 Å². The molecule has 0 saturated heterocycles. The molecular weight excluding hydrogens is 430 g/mol. The quantitative estimate of drug-likeness (QED) is 0.0889. The summed E-state index contributed by atoms with van der Waals surface area (Å²) in [6.07, 6.45) is 16.6. The molecule has 0 aromatic heterocycles. The molecular formula is C28H54NO5+. The summed E-state index contributed by atoms with van der Waals surface area (Å²) in [5, 5.41) is 10.6. The van der Waals surface area contributed by atoms with Crippen LogP contribution in [-0.2, 0) is 19.1 Å². The highest BCUT2D eigenvalue weighted by Gasteiger charge is 2.22. The molecule has 0 aliphatic carbocycles. The number of aliphatic hydroxyl groups is 1. The SMILES string of the molecule is CCCCCCCC/C=C\CC(O)C(CCCCC)OC(=O)CCCC(=O)OCC[N+](C)(C)C. The van der Waals surface area contributed by atoms with Crippen molar-refractivity contribution in [1.29, 1.82) is 0 Å². The fourth-order valence-electron chi connectivity index (χ4n) is 3.58. The van der Waals surface area contributed by atoms with Crippen molar-refractivity contribution in [2.45, 2.75) is 122 Å². The van der Waals surface area contributed by atoms with E-state index < -0.39 is 12.2 Å². The van der Waals surface area contributed by atoms with Gasteiger partial charge in [0.05, 0.1) is 27.2 Å². The standard InChI is InChI=1S/C28H54NO5/c1-6-8-10-11-12-13-14-15-17-19-25(30)26(20-16-9-7-2)34-28(32)22-18-21-27(31)33-24-23-29(3,4)5/h15,17,25-26,30H,6-14,16,18-24H2,1-5H3/q+1/b17-15-. The Morgan fingerprint density at radius 1 is 0.824 bits per heavy atom. The number of carbonyl (C=O) groups is 2. The lowest BCUT2D eigenvalue weighted by Gasteiger charge is -2.23. The van der Waals surface area contributed by atoms with Crippen LogP contribution in [0.3, 0.4) is 0 Å². The first-order valence-corrected chi connectivity index (χ1v) is 13.7. The summed E-state index contributed by atoms with van der Waals surface area (Å²) in [4.78, 5) is 24.2. The van der Waals surface area contributed by atoms with E-state index in [4.69, 9.17) is 9.47 Å². The van der Waals surface area contributed by atoms with Crippen LogP contribution in [0.5, 0.6) is 0 Å². The van der Waals surface area contributed by atoms with E-state index in [-0.39, 0.29) is 24.8 Å².